The summed E-state index contributed by atoms with van der Waals surface area (Å²) in [5.74, 6) is -3.99. The number of alkyl halides is 3. The Morgan fingerprint density at radius 3 is 2.46 bits per heavy atom. The Morgan fingerprint density at radius 2 is 1.76 bits per heavy atom. The van der Waals surface area contributed by atoms with Gasteiger partial charge in [0.15, 0.2) is 0 Å². The van der Waals surface area contributed by atoms with E-state index in [1.807, 2.05) is 0 Å². The van der Waals surface area contributed by atoms with Gasteiger partial charge in [0.05, 0.1) is 35.4 Å². The van der Waals surface area contributed by atoms with Gasteiger partial charge in [0.25, 0.3) is 0 Å². The van der Waals surface area contributed by atoms with Crippen molar-refractivity contribution >= 4 is 46.5 Å². The molecule has 0 unspecified atom stereocenters. The van der Waals surface area contributed by atoms with Crippen LogP contribution in [-0.4, -0.2) is 63.8 Å². The van der Waals surface area contributed by atoms with Crippen LogP contribution < -0.4 is 9.77 Å². The molecule has 9 nitrogen and oxygen atoms in total. The minimum Gasteiger partial charge on any atom is -0.508 e. The number of aromatic hydroxyl groups is 1. The number of imide groups is 1. The Kier molecular flexibility index (Phi) is 6.94. The Bertz CT molecular complexity index is 1610. The Balaban J connectivity index is 1.44. The maximum atomic E-state index is 13.9. The van der Waals surface area contributed by atoms with Crippen molar-refractivity contribution in [1.29, 1.82) is 0 Å². The molecule has 1 aromatic heterocycles. The van der Waals surface area contributed by atoms with Crippen LogP contribution in [0.4, 0.5) is 18.9 Å². The van der Waals surface area contributed by atoms with Crippen LogP contribution in [-0.2, 0) is 31.8 Å². The second-order valence-corrected chi connectivity index (χ2v) is 11.9. The van der Waals surface area contributed by atoms with Gasteiger partial charge in [-0.05, 0) is 24.3 Å². The zero-order valence-electron chi connectivity index (χ0n) is 21.2. The van der Waals surface area contributed by atoms with Crippen molar-refractivity contribution in [3.8, 4) is 5.75 Å². The maximum absolute atomic E-state index is 13.9. The standard InChI is InChI=1S/C27H22F3N3O6S2/c28-27(29,30)14-4-3-5-15(12-14)33-23(36)20-19(16-6-1-2-7-17(16)34)22-25(40-21(20)24(33)37)32(26(38)41-22)13-18(35)31-8-10-39-11-9-31/h1-7,12,19-21,34H,8-11,13H2/t19-,20+,21-/m0/s1. The number of rotatable bonds is 4. The smallest absolute Gasteiger partial charge is 0.416 e. The van der Waals surface area contributed by atoms with Gasteiger partial charge >= 0.3 is 11.0 Å². The number of fused-ring (bicyclic) bond motifs is 2. The van der Waals surface area contributed by atoms with E-state index in [1.165, 1.54) is 16.7 Å². The van der Waals surface area contributed by atoms with Crippen molar-refractivity contribution in [3.05, 3.63) is 74.2 Å². The van der Waals surface area contributed by atoms with Crippen molar-refractivity contribution in [1.82, 2.24) is 9.47 Å². The molecule has 14 heteroatoms. The van der Waals surface area contributed by atoms with Gasteiger partial charge in [-0.25, -0.2) is 4.90 Å². The van der Waals surface area contributed by atoms with E-state index in [4.69, 9.17) is 4.74 Å². The number of amides is 3. The number of para-hydroxylation sites is 1. The van der Waals surface area contributed by atoms with Gasteiger partial charge in [0.2, 0.25) is 17.7 Å². The number of halogens is 3. The molecule has 4 heterocycles. The maximum Gasteiger partial charge on any atom is 0.416 e. The highest BCUT2D eigenvalue weighted by atomic mass is 32.2. The number of hydrogen-bond donors (Lipinski definition) is 1. The first-order valence-corrected chi connectivity index (χ1v) is 14.3. The van der Waals surface area contributed by atoms with Gasteiger partial charge in [-0.3, -0.25) is 23.7 Å². The van der Waals surface area contributed by atoms with Crippen molar-refractivity contribution in [2.45, 2.75) is 28.9 Å². The van der Waals surface area contributed by atoms with Crippen LogP contribution in [0, 0.1) is 5.92 Å². The van der Waals surface area contributed by atoms with E-state index in [0.717, 1.165) is 46.2 Å². The van der Waals surface area contributed by atoms with E-state index < -0.39 is 45.5 Å². The predicted octanol–water partition coefficient (Wildman–Crippen LogP) is 3.29. The molecular formula is C27H22F3N3O6S2. The van der Waals surface area contributed by atoms with Gasteiger partial charge in [-0.1, -0.05) is 47.4 Å². The number of nitrogens with zero attached hydrogens (tertiary/aromatic N) is 3. The SMILES string of the molecule is O=C(Cn1c2c(sc1=O)[C@@H](c1ccccc1O)[C@H]1C(=O)N(c3cccc(C(F)(F)F)c3)C(=O)[C@H]1S2)N1CCOCC1. The average Bonchev–Trinajstić information content (AvgIpc) is 3.39. The third-order valence-electron chi connectivity index (χ3n) is 7.41. The first-order chi connectivity index (χ1) is 19.6. The fourth-order valence-electron chi connectivity index (χ4n) is 5.46. The van der Waals surface area contributed by atoms with Gasteiger partial charge in [-0.15, -0.1) is 0 Å². The largest absolute Gasteiger partial charge is 0.508 e. The minimum absolute atomic E-state index is 0.163. The molecule has 3 aromatic rings. The zero-order valence-corrected chi connectivity index (χ0v) is 22.8. The highest BCUT2D eigenvalue weighted by Gasteiger charge is 2.57. The number of thiazole rings is 1. The number of carbonyl (C=O) groups excluding carboxylic acids is 3. The quantitative estimate of drug-likeness (QED) is 0.455. The van der Waals surface area contributed by atoms with Gasteiger partial charge in [-0.2, -0.15) is 13.2 Å². The number of phenols is 1. The van der Waals surface area contributed by atoms with Crippen LogP contribution in [0.1, 0.15) is 21.9 Å². The molecular weight excluding hydrogens is 583 g/mol. The van der Waals surface area contributed by atoms with Crippen LogP contribution in [0.3, 0.4) is 0 Å². The van der Waals surface area contributed by atoms with Gasteiger partial charge in [0.1, 0.15) is 17.5 Å². The Morgan fingerprint density at radius 1 is 1.02 bits per heavy atom. The third-order valence-corrected chi connectivity index (χ3v) is 10.0. The summed E-state index contributed by atoms with van der Waals surface area (Å²) >= 11 is 1.77. The summed E-state index contributed by atoms with van der Waals surface area (Å²) in [6, 6.07) is 10.2. The lowest BCUT2D eigenvalue weighted by molar-refractivity contribution is -0.138. The van der Waals surface area contributed by atoms with Crippen molar-refractivity contribution in [2.75, 3.05) is 31.2 Å². The molecule has 3 aliphatic rings. The van der Waals surface area contributed by atoms with E-state index in [2.05, 4.69) is 0 Å². The molecule has 2 fully saturated rings. The van der Waals surface area contributed by atoms with Crippen molar-refractivity contribution in [2.24, 2.45) is 5.92 Å². The van der Waals surface area contributed by atoms with E-state index >= 15 is 0 Å². The Hall–Kier alpha value is -3.62. The number of anilines is 1. The summed E-state index contributed by atoms with van der Waals surface area (Å²) in [7, 11) is 0. The molecule has 0 saturated carbocycles. The number of hydrogen-bond acceptors (Lipinski definition) is 8. The monoisotopic (exact) mass is 605 g/mol. The zero-order chi connectivity index (χ0) is 29.1. The number of morpholine rings is 1. The second-order valence-electron chi connectivity index (χ2n) is 9.78. The fourth-order valence-corrected chi connectivity index (χ4v) is 8.23. The molecule has 41 heavy (non-hydrogen) atoms. The van der Waals surface area contributed by atoms with E-state index in [0.29, 0.717) is 41.8 Å². The fraction of sp³-hybridized carbons (Fsp3) is 0.333. The predicted molar refractivity (Wildman–Crippen MR) is 143 cm³/mol. The molecule has 0 radical (unpaired) electrons. The minimum atomic E-state index is -4.69. The first kappa shape index (κ1) is 27.5. The van der Waals surface area contributed by atoms with Crippen LogP contribution in [0.15, 0.2) is 58.4 Å². The van der Waals surface area contributed by atoms with Crippen LogP contribution in [0.2, 0.25) is 0 Å². The third kappa shape index (κ3) is 4.73. The highest BCUT2D eigenvalue weighted by molar-refractivity contribution is 8.00. The first-order valence-electron chi connectivity index (χ1n) is 12.6. The molecule has 2 saturated heterocycles. The molecule has 0 spiro atoms. The summed E-state index contributed by atoms with van der Waals surface area (Å²) < 4.78 is 46.9. The van der Waals surface area contributed by atoms with E-state index in [9.17, 15) is 37.5 Å². The summed E-state index contributed by atoms with van der Waals surface area (Å²) in [6.07, 6.45) is -4.69. The summed E-state index contributed by atoms with van der Waals surface area (Å²) in [5, 5.41) is 9.99. The average molecular weight is 606 g/mol. The van der Waals surface area contributed by atoms with E-state index in [1.54, 1.807) is 23.1 Å². The van der Waals surface area contributed by atoms with Crippen LogP contribution >= 0.6 is 23.1 Å². The lowest BCUT2D eigenvalue weighted by atomic mass is 9.82. The van der Waals surface area contributed by atoms with Crippen molar-refractivity contribution < 1.29 is 37.4 Å². The van der Waals surface area contributed by atoms with Crippen molar-refractivity contribution in [3.63, 3.8) is 0 Å². The summed E-state index contributed by atoms with van der Waals surface area (Å²) in [5.41, 5.74) is -0.932. The molecule has 1 N–H and O–H groups in total. The summed E-state index contributed by atoms with van der Waals surface area (Å²) in [4.78, 5) is 56.1. The van der Waals surface area contributed by atoms with Crippen LogP contribution in [0.5, 0.6) is 5.75 Å². The highest BCUT2D eigenvalue weighted by Crippen LogP contribution is 2.55. The van der Waals surface area contributed by atoms with E-state index in [-0.39, 0.29) is 23.9 Å². The number of benzene rings is 2. The van der Waals surface area contributed by atoms with Crippen LogP contribution in [0.25, 0.3) is 0 Å². The molecule has 6 rings (SSSR count). The Labute approximate surface area is 239 Å². The number of phenolic OH excluding ortho intramolecular Hbond substituents is 1. The summed E-state index contributed by atoms with van der Waals surface area (Å²) in [6.45, 7) is 1.20. The normalized spacial score (nSPS) is 22.6. The number of carbonyl (C=O) groups is 3. The topological polar surface area (TPSA) is 109 Å². The molecule has 0 aliphatic carbocycles. The lowest BCUT2D eigenvalue weighted by Crippen LogP contribution is -2.43. The molecule has 3 aliphatic heterocycles. The van der Waals surface area contributed by atoms with Gasteiger partial charge in [0, 0.05) is 29.4 Å². The molecule has 2 aromatic carbocycles. The number of ether oxygens (including phenoxy) is 1. The number of aromatic nitrogens is 1. The van der Waals surface area contributed by atoms with Gasteiger partial charge < -0.3 is 14.7 Å². The molecule has 3 amide bonds. The second kappa shape index (κ2) is 10.3. The molecule has 0 bridgehead atoms. The molecule has 3 atom stereocenters. The lowest BCUT2D eigenvalue weighted by Gasteiger charge is -2.31. The molecule has 214 valence electrons. The number of thioether (sulfide) groups is 1.